The fourth-order valence-corrected chi connectivity index (χ4v) is 6.38. The molecular weight excluding hydrogens is 382 g/mol. The first-order valence-electron chi connectivity index (χ1n) is 9.15. The molecule has 0 aliphatic carbocycles. The van der Waals surface area contributed by atoms with E-state index in [4.69, 9.17) is 0 Å². The Labute approximate surface area is 164 Å². The third kappa shape index (κ3) is 3.42. The first-order valence-corrected chi connectivity index (χ1v) is 11.5. The number of thiophene rings is 1. The molecule has 2 aliphatic heterocycles. The van der Waals surface area contributed by atoms with Crippen LogP contribution in [0.2, 0.25) is 0 Å². The van der Waals surface area contributed by atoms with Gasteiger partial charge in [0.1, 0.15) is 4.21 Å². The fourth-order valence-electron chi connectivity index (χ4n) is 3.82. The second-order valence-corrected chi connectivity index (χ2v) is 10.0. The Balaban J connectivity index is 1.41. The van der Waals surface area contributed by atoms with Gasteiger partial charge in [-0.05, 0) is 36.4 Å². The number of nitrogens with zero attached hydrogens (tertiary/aromatic N) is 3. The summed E-state index contributed by atoms with van der Waals surface area (Å²) in [5.41, 5.74) is 2.22. The SMILES string of the molecule is C[C@H](C(=O)N1CCc2ccccc21)N1CCN(S(=O)(=O)c2cccs2)CC1. The minimum atomic E-state index is -3.41. The Bertz CT molecular complexity index is 919. The molecule has 0 N–H and O–H groups in total. The lowest BCUT2D eigenvalue weighted by Gasteiger charge is -2.37. The molecule has 27 heavy (non-hydrogen) atoms. The van der Waals surface area contributed by atoms with Crippen LogP contribution >= 0.6 is 11.3 Å². The molecule has 0 saturated carbocycles. The van der Waals surface area contributed by atoms with Crippen LogP contribution in [0.5, 0.6) is 0 Å². The van der Waals surface area contributed by atoms with Crippen LogP contribution in [0.4, 0.5) is 5.69 Å². The van der Waals surface area contributed by atoms with Crippen molar-refractivity contribution < 1.29 is 13.2 Å². The summed E-state index contributed by atoms with van der Waals surface area (Å²) in [7, 11) is -3.41. The van der Waals surface area contributed by atoms with E-state index in [9.17, 15) is 13.2 Å². The van der Waals surface area contributed by atoms with Gasteiger partial charge in [-0.25, -0.2) is 8.42 Å². The van der Waals surface area contributed by atoms with Crippen LogP contribution in [0.1, 0.15) is 12.5 Å². The van der Waals surface area contributed by atoms with Gasteiger partial charge in [0.25, 0.3) is 10.0 Å². The van der Waals surface area contributed by atoms with Gasteiger partial charge >= 0.3 is 0 Å². The molecule has 8 heteroatoms. The Morgan fingerprint density at radius 2 is 1.78 bits per heavy atom. The van der Waals surface area contributed by atoms with Crippen molar-refractivity contribution in [1.82, 2.24) is 9.21 Å². The molecule has 3 heterocycles. The van der Waals surface area contributed by atoms with Crippen LogP contribution in [-0.2, 0) is 21.2 Å². The molecule has 6 nitrogen and oxygen atoms in total. The number of hydrogen-bond donors (Lipinski definition) is 0. The van der Waals surface area contributed by atoms with Crippen LogP contribution in [0, 0.1) is 0 Å². The Hall–Kier alpha value is -1.74. The monoisotopic (exact) mass is 405 g/mol. The van der Waals surface area contributed by atoms with E-state index in [-0.39, 0.29) is 11.9 Å². The van der Waals surface area contributed by atoms with E-state index in [0.29, 0.717) is 30.4 Å². The minimum absolute atomic E-state index is 0.0921. The number of sulfonamides is 1. The number of carbonyl (C=O) groups is 1. The second kappa shape index (κ2) is 7.35. The molecule has 1 saturated heterocycles. The zero-order chi connectivity index (χ0) is 19.0. The molecule has 1 fully saturated rings. The van der Waals surface area contributed by atoms with E-state index >= 15 is 0 Å². The van der Waals surface area contributed by atoms with Crippen LogP contribution in [0.15, 0.2) is 46.0 Å². The number of anilines is 1. The summed E-state index contributed by atoms with van der Waals surface area (Å²) in [5.74, 6) is 0.0921. The molecule has 144 valence electrons. The number of fused-ring (bicyclic) bond motifs is 1. The van der Waals surface area contributed by atoms with Gasteiger partial charge in [-0.2, -0.15) is 4.31 Å². The lowest BCUT2D eigenvalue weighted by Crippen LogP contribution is -2.55. The highest BCUT2D eigenvalue weighted by Gasteiger charge is 2.35. The molecule has 0 unspecified atom stereocenters. The maximum atomic E-state index is 13.0. The molecular formula is C19H23N3O3S2. The molecule has 0 spiro atoms. The van der Waals surface area contributed by atoms with Crippen molar-refractivity contribution in [3.63, 3.8) is 0 Å². The highest BCUT2D eigenvalue weighted by molar-refractivity contribution is 7.91. The van der Waals surface area contributed by atoms with Crippen molar-refractivity contribution in [3.05, 3.63) is 47.3 Å². The number of piperazine rings is 1. The first kappa shape index (κ1) is 18.6. The van der Waals surface area contributed by atoms with Crippen molar-refractivity contribution in [2.75, 3.05) is 37.6 Å². The summed E-state index contributed by atoms with van der Waals surface area (Å²) < 4.78 is 27.2. The minimum Gasteiger partial charge on any atom is -0.310 e. The number of carbonyl (C=O) groups excluding carboxylic acids is 1. The van der Waals surface area contributed by atoms with Gasteiger partial charge in [0.05, 0.1) is 6.04 Å². The maximum absolute atomic E-state index is 13.0. The van der Waals surface area contributed by atoms with Gasteiger partial charge < -0.3 is 4.90 Å². The number of hydrogen-bond acceptors (Lipinski definition) is 5. The van der Waals surface area contributed by atoms with E-state index in [1.165, 1.54) is 21.2 Å². The summed E-state index contributed by atoms with van der Waals surface area (Å²) in [6.07, 6.45) is 0.890. The normalized spacial score (nSPS) is 19.8. The van der Waals surface area contributed by atoms with Crippen molar-refractivity contribution in [2.45, 2.75) is 23.6 Å². The summed E-state index contributed by atoms with van der Waals surface area (Å²) in [6.45, 7) is 4.59. The van der Waals surface area contributed by atoms with E-state index in [1.54, 1.807) is 17.5 Å². The molecule has 1 aromatic heterocycles. The molecule has 1 atom stereocenters. The third-order valence-corrected chi connectivity index (χ3v) is 8.69. The van der Waals surface area contributed by atoms with Crippen molar-refractivity contribution in [1.29, 1.82) is 0 Å². The van der Waals surface area contributed by atoms with Crippen molar-refractivity contribution in [2.24, 2.45) is 0 Å². The van der Waals surface area contributed by atoms with Crippen molar-refractivity contribution >= 4 is 33.0 Å². The van der Waals surface area contributed by atoms with Gasteiger partial charge in [0.2, 0.25) is 5.91 Å². The first-order chi connectivity index (χ1) is 13.0. The van der Waals surface area contributed by atoms with E-state index in [1.807, 2.05) is 30.0 Å². The van der Waals surface area contributed by atoms with Gasteiger partial charge in [0.15, 0.2) is 0 Å². The van der Waals surface area contributed by atoms with E-state index in [0.717, 1.165) is 18.7 Å². The summed E-state index contributed by atoms with van der Waals surface area (Å²) in [6, 6.07) is 11.2. The standard InChI is InChI=1S/C19H23N3O3S2/c1-15(19(23)22-9-8-16-5-2-3-6-17(16)22)20-10-12-21(13-11-20)27(24,25)18-7-4-14-26-18/h2-7,14-15H,8-13H2,1H3/t15-/m1/s1. The maximum Gasteiger partial charge on any atom is 0.252 e. The highest BCUT2D eigenvalue weighted by atomic mass is 32.2. The second-order valence-electron chi connectivity index (χ2n) is 6.92. The van der Waals surface area contributed by atoms with Crippen LogP contribution in [0.25, 0.3) is 0 Å². The van der Waals surface area contributed by atoms with Gasteiger partial charge in [-0.1, -0.05) is 24.3 Å². The van der Waals surface area contributed by atoms with E-state index < -0.39 is 10.0 Å². The average Bonchev–Trinajstić information content (AvgIpc) is 3.37. The smallest absolute Gasteiger partial charge is 0.252 e. The summed E-state index contributed by atoms with van der Waals surface area (Å²) >= 11 is 1.24. The highest BCUT2D eigenvalue weighted by Crippen LogP contribution is 2.29. The molecule has 1 aromatic carbocycles. The summed E-state index contributed by atoms with van der Waals surface area (Å²) in [4.78, 5) is 17.0. The zero-order valence-electron chi connectivity index (χ0n) is 15.2. The number of para-hydroxylation sites is 1. The lowest BCUT2D eigenvalue weighted by atomic mass is 10.1. The predicted molar refractivity (Wildman–Crippen MR) is 107 cm³/mol. The molecule has 1 amide bonds. The number of amides is 1. The predicted octanol–water partition coefficient (Wildman–Crippen LogP) is 2.03. The third-order valence-electron chi connectivity index (χ3n) is 5.42. The number of rotatable bonds is 4. The fraction of sp³-hybridized carbons (Fsp3) is 0.421. The molecule has 0 bridgehead atoms. The lowest BCUT2D eigenvalue weighted by molar-refractivity contribution is -0.123. The van der Waals surface area contributed by atoms with Gasteiger partial charge in [-0.15, -0.1) is 11.3 Å². The van der Waals surface area contributed by atoms with E-state index in [2.05, 4.69) is 11.0 Å². The largest absolute Gasteiger partial charge is 0.310 e. The van der Waals surface area contributed by atoms with Crippen LogP contribution in [-0.4, -0.2) is 62.3 Å². The quantitative estimate of drug-likeness (QED) is 0.781. The number of benzene rings is 1. The Morgan fingerprint density at radius 1 is 1.04 bits per heavy atom. The van der Waals surface area contributed by atoms with Crippen LogP contribution in [0.3, 0.4) is 0 Å². The zero-order valence-corrected chi connectivity index (χ0v) is 16.9. The topological polar surface area (TPSA) is 60.9 Å². The van der Waals surface area contributed by atoms with Crippen molar-refractivity contribution in [3.8, 4) is 0 Å². The molecule has 2 aromatic rings. The molecule has 0 radical (unpaired) electrons. The van der Waals surface area contributed by atoms with Crippen LogP contribution < -0.4 is 4.90 Å². The Morgan fingerprint density at radius 3 is 2.48 bits per heavy atom. The molecule has 4 rings (SSSR count). The Kier molecular flexibility index (Phi) is 5.07. The molecule has 2 aliphatic rings. The van der Waals surface area contributed by atoms with Gasteiger partial charge in [-0.3, -0.25) is 9.69 Å². The average molecular weight is 406 g/mol. The van der Waals surface area contributed by atoms with Gasteiger partial charge in [0, 0.05) is 38.4 Å². The summed E-state index contributed by atoms with van der Waals surface area (Å²) in [5, 5.41) is 1.78.